The van der Waals surface area contributed by atoms with E-state index in [2.05, 4.69) is 5.32 Å². The average Bonchev–Trinajstić information content (AvgIpc) is 2.85. The second-order valence-corrected chi connectivity index (χ2v) is 5.00. The Morgan fingerprint density at radius 1 is 1.43 bits per heavy atom. The molecule has 5 N–H and O–H groups in total. The summed E-state index contributed by atoms with van der Waals surface area (Å²) in [6.45, 7) is 0.523. The van der Waals surface area contributed by atoms with Gasteiger partial charge in [0.05, 0.1) is 10.5 Å². The predicted octanol–water partition coefficient (Wildman–Crippen LogP) is 1.46. The van der Waals surface area contributed by atoms with Crippen molar-refractivity contribution >= 4 is 29.7 Å². The SMILES string of the molecule is Cl.NCC1CCCC1NC(=O)c1cccc([N+](=O)[O-])c1N. The van der Waals surface area contributed by atoms with Crippen molar-refractivity contribution in [2.45, 2.75) is 25.3 Å². The maximum atomic E-state index is 12.2. The molecule has 0 aliphatic heterocycles. The highest BCUT2D eigenvalue weighted by molar-refractivity contribution is 6.01. The van der Waals surface area contributed by atoms with Gasteiger partial charge < -0.3 is 16.8 Å². The molecule has 21 heavy (non-hydrogen) atoms. The first-order valence-corrected chi connectivity index (χ1v) is 6.58. The van der Waals surface area contributed by atoms with E-state index in [4.69, 9.17) is 11.5 Å². The van der Waals surface area contributed by atoms with E-state index in [1.165, 1.54) is 18.2 Å². The van der Waals surface area contributed by atoms with E-state index in [-0.39, 0.29) is 47.2 Å². The number of amides is 1. The predicted molar refractivity (Wildman–Crippen MR) is 82.4 cm³/mol. The quantitative estimate of drug-likeness (QED) is 0.441. The van der Waals surface area contributed by atoms with Gasteiger partial charge in [-0.25, -0.2) is 0 Å². The number of nitro benzene ring substituents is 1. The fourth-order valence-electron chi connectivity index (χ4n) is 2.67. The third kappa shape index (κ3) is 3.62. The fourth-order valence-corrected chi connectivity index (χ4v) is 2.67. The van der Waals surface area contributed by atoms with Crippen LogP contribution in [-0.2, 0) is 0 Å². The first-order valence-electron chi connectivity index (χ1n) is 6.58. The molecule has 0 radical (unpaired) electrons. The number of nitrogens with two attached hydrogens (primary N) is 2. The summed E-state index contributed by atoms with van der Waals surface area (Å²) in [7, 11) is 0. The van der Waals surface area contributed by atoms with Gasteiger partial charge in [0, 0.05) is 12.1 Å². The van der Waals surface area contributed by atoms with Gasteiger partial charge in [-0.2, -0.15) is 0 Å². The molecule has 0 heterocycles. The van der Waals surface area contributed by atoms with Crippen LogP contribution in [0.5, 0.6) is 0 Å². The summed E-state index contributed by atoms with van der Waals surface area (Å²) < 4.78 is 0. The molecule has 116 valence electrons. The van der Waals surface area contributed by atoms with Crippen molar-refractivity contribution in [3.05, 3.63) is 33.9 Å². The second-order valence-electron chi connectivity index (χ2n) is 5.00. The number of para-hydroxylation sites is 1. The minimum Gasteiger partial charge on any atom is -0.393 e. The Morgan fingerprint density at radius 2 is 2.14 bits per heavy atom. The largest absolute Gasteiger partial charge is 0.393 e. The highest BCUT2D eigenvalue weighted by atomic mass is 35.5. The molecule has 1 fully saturated rings. The van der Waals surface area contributed by atoms with E-state index in [0.29, 0.717) is 6.54 Å². The van der Waals surface area contributed by atoms with Gasteiger partial charge in [0.15, 0.2) is 0 Å². The van der Waals surface area contributed by atoms with Gasteiger partial charge in [-0.05, 0) is 31.4 Å². The summed E-state index contributed by atoms with van der Waals surface area (Å²) in [6.07, 6.45) is 2.89. The molecule has 0 spiro atoms. The maximum Gasteiger partial charge on any atom is 0.292 e. The average molecular weight is 315 g/mol. The molecular weight excluding hydrogens is 296 g/mol. The standard InChI is InChI=1S/C13H18N4O3.ClH/c14-7-8-3-1-5-10(8)16-13(18)9-4-2-6-11(12(9)15)17(19)20;/h2,4,6,8,10H,1,3,5,7,14-15H2,(H,16,18);1H. The van der Waals surface area contributed by atoms with Crippen molar-refractivity contribution in [2.75, 3.05) is 12.3 Å². The Hall–Kier alpha value is -1.86. The minimum absolute atomic E-state index is 0. The monoisotopic (exact) mass is 314 g/mol. The number of carbonyl (C=O) groups excluding carboxylic acids is 1. The van der Waals surface area contributed by atoms with Crippen molar-refractivity contribution < 1.29 is 9.72 Å². The lowest BCUT2D eigenvalue weighted by Crippen LogP contribution is -2.40. The number of halogens is 1. The fraction of sp³-hybridized carbons (Fsp3) is 0.462. The van der Waals surface area contributed by atoms with Crippen LogP contribution >= 0.6 is 12.4 Å². The molecule has 1 aromatic rings. The number of nitro groups is 1. The third-order valence-corrected chi connectivity index (χ3v) is 3.80. The number of benzene rings is 1. The first kappa shape index (κ1) is 17.2. The van der Waals surface area contributed by atoms with Crippen molar-refractivity contribution in [1.82, 2.24) is 5.32 Å². The van der Waals surface area contributed by atoms with Crippen molar-refractivity contribution in [3.63, 3.8) is 0 Å². The van der Waals surface area contributed by atoms with Gasteiger partial charge in [-0.3, -0.25) is 14.9 Å². The lowest BCUT2D eigenvalue weighted by atomic mass is 10.0. The molecule has 1 saturated carbocycles. The van der Waals surface area contributed by atoms with Crippen molar-refractivity contribution in [2.24, 2.45) is 11.7 Å². The van der Waals surface area contributed by atoms with Gasteiger partial charge in [-0.1, -0.05) is 12.5 Å². The van der Waals surface area contributed by atoms with E-state index in [1.807, 2.05) is 0 Å². The molecule has 1 amide bonds. The van der Waals surface area contributed by atoms with Crippen molar-refractivity contribution in [1.29, 1.82) is 0 Å². The van der Waals surface area contributed by atoms with Crippen LogP contribution in [0.1, 0.15) is 29.6 Å². The van der Waals surface area contributed by atoms with Crippen LogP contribution in [0.15, 0.2) is 18.2 Å². The van der Waals surface area contributed by atoms with Crippen LogP contribution in [0.25, 0.3) is 0 Å². The zero-order valence-corrected chi connectivity index (χ0v) is 12.3. The van der Waals surface area contributed by atoms with Crippen LogP contribution < -0.4 is 16.8 Å². The molecule has 1 aromatic carbocycles. The highest BCUT2D eigenvalue weighted by Gasteiger charge is 2.28. The molecule has 8 heteroatoms. The Labute approximate surface area is 128 Å². The van der Waals surface area contributed by atoms with Gasteiger partial charge >= 0.3 is 0 Å². The summed E-state index contributed by atoms with van der Waals surface area (Å²) in [5, 5.41) is 13.7. The second kappa shape index (κ2) is 7.24. The van der Waals surface area contributed by atoms with E-state index >= 15 is 0 Å². The molecule has 7 nitrogen and oxygen atoms in total. The number of nitrogens with zero attached hydrogens (tertiary/aromatic N) is 1. The smallest absolute Gasteiger partial charge is 0.292 e. The van der Waals surface area contributed by atoms with Gasteiger partial charge in [-0.15, -0.1) is 12.4 Å². The Morgan fingerprint density at radius 3 is 2.76 bits per heavy atom. The molecular formula is C13H19ClN4O3. The van der Waals surface area contributed by atoms with Gasteiger partial charge in [0.2, 0.25) is 0 Å². The Balaban J connectivity index is 0.00000220. The zero-order valence-electron chi connectivity index (χ0n) is 11.5. The van der Waals surface area contributed by atoms with E-state index < -0.39 is 4.92 Å². The number of anilines is 1. The normalized spacial score (nSPS) is 20.6. The summed E-state index contributed by atoms with van der Waals surface area (Å²) >= 11 is 0. The summed E-state index contributed by atoms with van der Waals surface area (Å²) in [4.78, 5) is 22.4. The molecule has 0 saturated heterocycles. The number of carbonyl (C=O) groups is 1. The molecule has 2 unspecified atom stereocenters. The number of nitrogen functional groups attached to an aromatic ring is 1. The molecule has 2 rings (SSSR count). The number of hydrogen-bond donors (Lipinski definition) is 3. The zero-order chi connectivity index (χ0) is 14.7. The van der Waals surface area contributed by atoms with Crippen LogP contribution in [0.2, 0.25) is 0 Å². The third-order valence-electron chi connectivity index (χ3n) is 3.80. The van der Waals surface area contributed by atoms with E-state index in [9.17, 15) is 14.9 Å². The van der Waals surface area contributed by atoms with Crippen molar-refractivity contribution in [3.8, 4) is 0 Å². The summed E-state index contributed by atoms with van der Waals surface area (Å²) in [5.41, 5.74) is 11.2. The summed E-state index contributed by atoms with van der Waals surface area (Å²) in [5.74, 6) is -0.115. The topological polar surface area (TPSA) is 124 Å². The number of hydrogen-bond acceptors (Lipinski definition) is 5. The number of rotatable bonds is 4. The first-order chi connectivity index (χ1) is 9.54. The Kier molecular flexibility index (Phi) is 5.92. The molecule has 0 bridgehead atoms. The summed E-state index contributed by atoms with van der Waals surface area (Å²) in [6, 6.07) is 4.25. The van der Waals surface area contributed by atoms with E-state index in [0.717, 1.165) is 19.3 Å². The van der Waals surface area contributed by atoms with Crippen LogP contribution in [-0.4, -0.2) is 23.4 Å². The molecule has 1 aliphatic carbocycles. The lowest BCUT2D eigenvalue weighted by Gasteiger charge is -2.19. The maximum absolute atomic E-state index is 12.2. The number of nitrogens with one attached hydrogen (secondary N) is 1. The Bertz CT molecular complexity index is 538. The highest BCUT2D eigenvalue weighted by Crippen LogP contribution is 2.27. The molecule has 1 aliphatic rings. The van der Waals surface area contributed by atoms with Crippen LogP contribution in [0.4, 0.5) is 11.4 Å². The van der Waals surface area contributed by atoms with E-state index in [1.54, 1.807) is 0 Å². The lowest BCUT2D eigenvalue weighted by molar-refractivity contribution is -0.383. The van der Waals surface area contributed by atoms with Gasteiger partial charge in [0.1, 0.15) is 5.69 Å². The van der Waals surface area contributed by atoms with Gasteiger partial charge in [0.25, 0.3) is 11.6 Å². The van der Waals surface area contributed by atoms with Crippen LogP contribution in [0.3, 0.4) is 0 Å². The molecule has 0 aromatic heterocycles. The minimum atomic E-state index is -0.593. The van der Waals surface area contributed by atoms with Crippen LogP contribution in [0, 0.1) is 16.0 Å². The molecule has 2 atom stereocenters.